The van der Waals surface area contributed by atoms with Gasteiger partial charge in [-0.25, -0.2) is 0 Å². The molecule has 0 atom stereocenters. The molecule has 0 aromatic heterocycles. The fourth-order valence-corrected chi connectivity index (χ4v) is 5.43. The molecule has 0 amide bonds. The summed E-state index contributed by atoms with van der Waals surface area (Å²) in [7, 11) is 0. The van der Waals surface area contributed by atoms with Crippen molar-refractivity contribution in [2.75, 3.05) is 0 Å². The van der Waals surface area contributed by atoms with Crippen molar-refractivity contribution in [2.45, 2.75) is 0 Å². The van der Waals surface area contributed by atoms with Crippen molar-refractivity contribution in [1.29, 1.82) is 0 Å². The van der Waals surface area contributed by atoms with Crippen LogP contribution in [0.4, 0.5) is 0 Å². The molecule has 0 N–H and O–H groups in total. The minimum atomic E-state index is -1.78. The minimum Gasteiger partial charge on any atom is -1.00 e. The molecule has 0 fully saturated rings. The summed E-state index contributed by atoms with van der Waals surface area (Å²) < 4.78 is 0. The Balaban J connectivity index is 0.00000121. The molecule has 0 aliphatic carbocycles. The quantitative estimate of drug-likeness (QED) is 0.489. The van der Waals surface area contributed by atoms with Crippen LogP contribution in [0, 0.1) is 0 Å². The van der Waals surface area contributed by atoms with E-state index in [0.717, 1.165) is 0 Å². The Morgan fingerprint density at radius 3 is 1.00 bits per heavy atom. The Kier molecular flexibility index (Phi) is 5.67. The van der Waals surface area contributed by atoms with Crippen LogP contribution in [-0.2, 0) is 0 Å². The topological polar surface area (TPSA) is 0 Å². The fraction of sp³-hybridized carbons (Fsp3) is 0. The second kappa shape index (κ2) is 7.29. The fourth-order valence-electron chi connectivity index (χ4n) is 2.49. The van der Waals surface area contributed by atoms with Crippen molar-refractivity contribution in [3.8, 4) is 0 Å². The van der Waals surface area contributed by atoms with Crippen molar-refractivity contribution in [3.05, 3.63) is 91.0 Å². The van der Waals surface area contributed by atoms with E-state index in [1.807, 2.05) is 0 Å². The van der Waals surface area contributed by atoms with Crippen molar-refractivity contribution in [3.63, 3.8) is 0 Å². The third-order valence-corrected chi connectivity index (χ3v) is 7.13. The third-order valence-electron chi connectivity index (χ3n) is 3.59. The van der Waals surface area contributed by atoms with E-state index in [0.29, 0.717) is 0 Å². The molecule has 2 heteroatoms. The predicted octanol–water partition coefficient (Wildman–Crippen LogP) is 0.529. The molecule has 0 aliphatic heterocycles. The molecule has 0 saturated carbocycles. The molecule has 0 unspecified atom stereocenters. The third kappa shape index (κ3) is 3.25. The average Bonchev–Trinajstić information content (AvgIpc) is 2.56. The summed E-state index contributed by atoms with van der Waals surface area (Å²) in [5, 5.41) is 3.95. The average molecular weight is 300 g/mol. The van der Waals surface area contributed by atoms with Gasteiger partial charge in [0.2, 0.25) is 0 Å². The largest absolute Gasteiger partial charge is 1.00 e. The van der Waals surface area contributed by atoms with Crippen molar-refractivity contribution >= 4 is 29.1 Å². The van der Waals surface area contributed by atoms with Crippen LogP contribution < -0.4 is 45.5 Å². The second-order valence-corrected chi connectivity index (χ2v) is 7.99. The molecule has 0 bridgehead atoms. The van der Waals surface area contributed by atoms with E-state index in [2.05, 4.69) is 91.0 Å². The first-order valence-corrected chi connectivity index (χ1v) is 8.69. The standard InChI is InChI=1S/C19H17P.Na.H/c1-20(17-11-5-2-6-12-17,18-13-7-3-8-14-18)19-15-9-4-10-16-19;;/h2-16H,1H2;;/q;+1;-1. The Morgan fingerprint density at radius 1 is 0.524 bits per heavy atom. The van der Waals surface area contributed by atoms with Gasteiger partial charge in [-0.3, -0.25) is 0 Å². The van der Waals surface area contributed by atoms with Crippen LogP contribution in [0.2, 0.25) is 0 Å². The zero-order valence-electron chi connectivity index (χ0n) is 13.3. The van der Waals surface area contributed by atoms with Crippen molar-refractivity contribution in [2.24, 2.45) is 0 Å². The minimum absolute atomic E-state index is 0. The maximum atomic E-state index is 4.69. The van der Waals surface area contributed by atoms with Crippen LogP contribution in [0.1, 0.15) is 1.43 Å². The van der Waals surface area contributed by atoms with Gasteiger partial charge in [0.1, 0.15) is 0 Å². The van der Waals surface area contributed by atoms with E-state index >= 15 is 0 Å². The Labute approximate surface area is 150 Å². The second-order valence-electron chi connectivity index (χ2n) is 4.82. The molecular weight excluding hydrogens is 282 g/mol. The van der Waals surface area contributed by atoms with E-state index in [1.54, 1.807) is 0 Å². The van der Waals surface area contributed by atoms with Crippen LogP contribution in [0.25, 0.3) is 0 Å². The molecule has 3 rings (SSSR count). The SMILES string of the molecule is C=P(c1ccccc1)(c1ccccc1)c1ccccc1.[H-].[Na+]. The van der Waals surface area contributed by atoms with Gasteiger partial charge in [-0.15, -0.1) is 0 Å². The summed E-state index contributed by atoms with van der Waals surface area (Å²) >= 11 is 0. The molecule has 100 valence electrons. The van der Waals surface area contributed by atoms with Gasteiger partial charge in [-0.05, 0) is 22.8 Å². The summed E-state index contributed by atoms with van der Waals surface area (Å²) in [6.45, 7) is -1.78. The number of rotatable bonds is 3. The molecule has 21 heavy (non-hydrogen) atoms. The molecule has 3 aromatic rings. The number of hydrogen-bond donors (Lipinski definition) is 0. The van der Waals surface area contributed by atoms with E-state index in [9.17, 15) is 0 Å². The van der Waals surface area contributed by atoms with Gasteiger partial charge in [0, 0.05) is 0 Å². The van der Waals surface area contributed by atoms with Crippen LogP contribution in [-0.4, -0.2) is 6.30 Å². The molecule has 0 spiro atoms. The van der Waals surface area contributed by atoms with Crippen LogP contribution in [0.15, 0.2) is 91.0 Å². The molecule has 0 nitrogen and oxygen atoms in total. The molecule has 0 radical (unpaired) electrons. The predicted molar refractivity (Wildman–Crippen MR) is 93.4 cm³/mol. The van der Waals surface area contributed by atoms with E-state index in [1.165, 1.54) is 15.9 Å². The van der Waals surface area contributed by atoms with Crippen LogP contribution in [0.3, 0.4) is 0 Å². The summed E-state index contributed by atoms with van der Waals surface area (Å²) in [6.07, 6.45) is 4.69. The van der Waals surface area contributed by atoms with Gasteiger partial charge in [0.25, 0.3) is 0 Å². The van der Waals surface area contributed by atoms with Gasteiger partial charge in [-0.2, -0.15) is 0 Å². The molecule has 0 aliphatic rings. The molecular formula is C19H18NaP. The van der Waals surface area contributed by atoms with E-state index < -0.39 is 6.89 Å². The first-order valence-electron chi connectivity index (χ1n) is 6.72. The van der Waals surface area contributed by atoms with E-state index in [-0.39, 0.29) is 31.0 Å². The monoisotopic (exact) mass is 300 g/mol. The van der Waals surface area contributed by atoms with Crippen molar-refractivity contribution < 1.29 is 31.0 Å². The molecule has 0 heterocycles. The Bertz CT molecular complexity index is 624. The zero-order chi connectivity index (χ0) is 13.8. The summed E-state index contributed by atoms with van der Waals surface area (Å²) in [4.78, 5) is 0. The van der Waals surface area contributed by atoms with Crippen LogP contribution >= 0.6 is 6.89 Å². The number of benzene rings is 3. The number of hydrogen-bond acceptors (Lipinski definition) is 0. The summed E-state index contributed by atoms with van der Waals surface area (Å²) in [5.41, 5.74) is 0. The smallest absolute Gasteiger partial charge is 1.00 e. The molecule has 3 aromatic carbocycles. The van der Waals surface area contributed by atoms with Gasteiger partial charge in [0.05, 0.1) is 0 Å². The maximum absolute atomic E-state index is 4.69. The Hall–Kier alpha value is -1.04. The van der Waals surface area contributed by atoms with Gasteiger partial charge in [0.15, 0.2) is 0 Å². The molecule has 0 saturated heterocycles. The Morgan fingerprint density at radius 2 is 0.762 bits per heavy atom. The zero-order valence-corrected chi connectivity index (χ0v) is 15.2. The summed E-state index contributed by atoms with van der Waals surface area (Å²) in [6, 6.07) is 31.9. The maximum Gasteiger partial charge on any atom is 1.00 e. The normalized spacial score (nSPS) is 10.7. The van der Waals surface area contributed by atoms with Gasteiger partial charge < -0.3 is 1.43 Å². The first kappa shape index (κ1) is 16.3. The summed E-state index contributed by atoms with van der Waals surface area (Å²) in [5.74, 6) is 0. The van der Waals surface area contributed by atoms with E-state index in [4.69, 9.17) is 6.30 Å². The first-order chi connectivity index (χ1) is 9.82. The van der Waals surface area contributed by atoms with Gasteiger partial charge >= 0.3 is 29.6 Å². The van der Waals surface area contributed by atoms with Crippen LogP contribution in [0.5, 0.6) is 0 Å². The van der Waals surface area contributed by atoms with Crippen molar-refractivity contribution in [1.82, 2.24) is 0 Å². The van der Waals surface area contributed by atoms with Gasteiger partial charge in [-0.1, -0.05) is 97.3 Å².